The number of nitrogens with zero attached hydrogens (tertiary/aromatic N) is 3. The molecule has 3 atom stereocenters. The average Bonchev–Trinajstić information content (AvgIpc) is 3.21. The molecular weight excluding hydrogens is 461 g/mol. The zero-order chi connectivity index (χ0) is 25.1. The number of Topliss-reactive ketones (excluding diaryl/α,β-unsaturated/α-hetero) is 1. The summed E-state index contributed by atoms with van der Waals surface area (Å²) in [5.41, 5.74) is 1.39. The van der Waals surface area contributed by atoms with Gasteiger partial charge in [0.05, 0.1) is 11.9 Å². The number of unbranched alkanes of at least 4 members (excludes halogenated alkanes) is 1. The first-order valence-electron chi connectivity index (χ1n) is 11.1. The summed E-state index contributed by atoms with van der Waals surface area (Å²) in [6.45, 7) is 1.28. The van der Waals surface area contributed by atoms with Crippen molar-refractivity contribution in [2.75, 3.05) is 11.9 Å². The lowest BCUT2D eigenvalue weighted by Gasteiger charge is -2.28. The number of ether oxygens (including phenoxy) is 1. The number of carboxylic acid groups (broad SMARTS) is 1. The molecule has 3 N–H and O–H groups in total. The Balaban J connectivity index is 1.36. The Hall–Kier alpha value is -4.09. The van der Waals surface area contributed by atoms with Crippen LogP contribution in [0.5, 0.6) is 5.75 Å². The van der Waals surface area contributed by atoms with Gasteiger partial charge in [0, 0.05) is 6.42 Å². The molecule has 0 saturated carbocycles. The number of amides is 2. The number of carboxylic acids is 1. The fourth-order valence-corrected chi connectivity index (χ4v) is 3.80. The van der Waals surface area contributed by atoms with Crippen LogP contribution in [-0.2, 0) is 25.6 Å². The van der Waals surface area contributed by atoms with Gasteiger partial charge < -0.3 is 20.5 Å². The molecule has 0 aromatic heterocycles. The summed E-state index contributed by atoms with van der Waals surface area (Å²) in [6, 6.07) is 4.33. The highest BCUT2D eigenvalue weighted by atomic mass is 19.1. The molecule has 184 valence electrons. The van der Waals surface area contributed by atoms with Crippen molar-refractivity contribution in [2.24, 2.45) is 10.1 Å². The van der Waals surface area contributed by atoms with Crippen LogP contribution in [0.25, 0.3) is 0 Å². The Bertz CT molecular complexity index is 1160. The molecule has 0 aliphatic carbocycles. The number of alkyl halides is 1. The first-order valence-corrected chi connectivity index (χ1v) is 11.1. The standard InChI is InChI=1S/C23H24FN5O6/c1-12(23(33)34)26-22(32)17-9-15(28-21-14(24)10-25-29(17)21)18(30)5-3-2-4-13-6-7-19-16(8-13)27-20(31)11-35-19/h6-10,12,14,21H,2-5,11H2,1H3,(H,26,32)(H,27,31)(H,33,34)/t12-,14?,21?/m1/s1. The zero-order valence-corrected chi connectivity index (χ0v) is 18.9. The van der Waals surface area contributed by atoms with Gasteiger partial charge in [-0.2, -0.15) is 5.10 Å². The number of halogens is 1. The zero-order valence-electron chi connectivity index (χ0n) is 18.9. The van der Waals surface area contributed by atoms with E-state index in [0.29, 0.717) is 30.7 Å². The lowest BCUT2D eigenvalue weighted by Crippen LogP contribution is -2.46. The number of hydrogen-bond acceptors (Lipinski definition) is 8. The van der Waals surface area contributed by atoms with Crippen molar-refractivity contribution in [3.05, 3.63) is 35.5 Å². The van der Waals surface area contributed by atoms with Crippen LogP contribution in [0.1, 0.15) is 31.7 Å². The van der Waals surface area contributed by atoms with E-state index < -0.39 is 30.3 Å². The number of fused-ring (bicyclic) bond motifs is 2. The molecule has 1 aromatic carbocycles. The first-order chi connectivity index (χ1) is 16.7. The number of ketones is 1. The van der Waals surface area contributed by atoms with Gasteiger partial charge in [-0.25, -0.2) is 9.40 Å². The Morgan fingerprint density at radius 2 is 2.14 bits per heavy atom. The van der Waals surface area contributed by atoms with Crippen LogP contribution < -0.4 is 15.4 Å². The van der Waals surface area contributed by atoms with Crippen molar-refractivity contribution < 1.29 is 33.4 Å². The highest BCUT2D eigenvalue weighted by molar-refractivity contribution is 6.45. The van der Waals surface area contributed by atoms with E-state index >= 15 is 0 Å². The monoisotopic (exact) mass is 485 g/mol. The molecule has 4 rings (SSSR count). The van der Waals surface area contributed by atoms with Gasteiger partial charge in [0.25, 0.3) is 11.8 Å². The fraction of sp³-hybridized carbons (Fsp3) is 0.391. The lowest BCUT2D eigenvalue weighted by atomic mass is 10.0. The van der Waals surface area contributed by atoms with Crippen molar-refractivity contribution in [3.8, 4) is 5.75 Å². The number of aliphatic imine (C=N–C) groups is 1. The maximum Gasteiger partial charge on any atom is 0.325 e. The molecule has 0 spiro atoms. The van der Waals surface area contributed by atoms with Gasteiger partial charge >= 0.3 is 5.97 Å². The van der Waals surface area contributed by atoms with E-state index in [-0.39, 0.29) is 36.1 Å². The maximum absolute atomic E-state index is 14.3. The van der Waals surface area contributed by atoms with Gasteiger partial charge in [-0.3, -0.25) is 24.2 Å². The highest BCUT2D eigenvalue weighted by Crippen LogP contribution is 2.29. The number of hydrogen-bond donors (Lipinski definition) is 3. The number of benzene rings is 1. The summed E-state index contributed by atoms with van der Waals surface area (Å²) >= 11 is 0. The first kappa shape index (κ1) is 24.0. The number of hydrazone groups is 1. The number of carbonyl (C=O) groups is 4. The molecule has 0 bridgehead atoms. The predicted molar refractivity (Wildman–Crippen MR) is 123 cm³/mol. The number of rotatable bonds is 9. The topological polar surface area (TPSA) is 150 Å². The summed E-state index contributed by atoms with van der Waals surface area (Å²) in [7, 11) is 0. The van der Waals surface area contributed by atoms with Crippen LogP contribution in [0.4, 0.5) is 10.1 Å². The van der Waals surface area contributed by atoms with Gasteiger partial charge in [0.2, 0.25) is 0 Å². The van der Waals surface area contributed by atoms with E-state index in [4.69, 9.17) is 9.84 Å². The number of allylic oxidation sites excluding steroid dienone is 1. The molecule has 2 unspecified atom stereocenters. The SMILES string of the molecule is C[C@@H](NC(=O)C1=CC(C(=O)CCCCc2ccc3c(c2)NC(=O)CO3)=NC2C(F)C=NN12)C(=O)O. The maximum atomic E-state index is 14.3. The number of aryl methyl sites for hydroxylation is 1. The molecule has 1 aromatic rings. The summed E-state index contributed by atoms with van der Waals surface area (Å²) < 4.78 is 19.6. The van der Waals surface area contributed by atoms with Crippen LogP contribution in [0.2, 0.25) is 0 Å². The highest BCUT2D eigenvalue weighted by Gasteiger charge is 2.39. The second-order valence-electron chi connectivity index (χ2n) is 8.34. The van der Waals surface area contributed by atoms with E-state index in [2.05, 4.69) is 20.7 Å². The lowest BCUT2D eigenvalue weighted by molar-refractivity contribution is -0.141. The van der Waals surface area contributed by atoms with Gasteiger partial charge in [-0.05, 0) is 50.0 Å². The van der Waals surface area contributed by atoms with E-state index in [1.807, 2.05) is 12.1 Å². The second kappa shape index (κ2) is 10.0. The minimum atomic E-state index is -1.61. The van der Waals surface area contributed by atoms with Gasteiger partial charge in [0.15, 0.2) is 24.7 Å². The Morgan fingerprint density at radius 1 is 1.34 bits per heavy atom. The average molecular weight is 485 g/mol. The molecule has 0 radical (unpaired) electrons. The van der Waals surface area contributed by atoms with Crippen molar-refractivity contribution in [1.82, 2.24) is 10.3 Å². The Morgan fingerprint density at radius 3 is 2.91 bits per heavy atom. The molecule has 12 heteroatoms. The van der Waals surface area contributed by atoms with Crippen molar-refractivity contribution >= 4 is 41.2 Å². The molecule has 11 nitrogen and oxygen atoms in total. The van der Waals surface area contributed by atoms with Gasteiger partial charge in [0.1, 0.15) is 23.2 Å². The minimum Gasteiger partial charge on any atom is -0.482 e. The molecule has 3 aliphatic heterocycles. The Kier molecular flexibility index (Phi) is 6.90. The third-order valence-electron chi connectivity index (χ3n) is 5.69. The van der Waals surface area contributed by atoms with E-state index in [1.165, 1.54) is 13.0 Å². The summed E-state index contributed by atoms with van der Waals surface area (Å²) in [4.78, 5) is 52.1. The molecule has 35 heavy (non-hydrogen) atoms. The number of carbonyl (C=O) groups excluding carboxylic acids is 3. The quantitative estimate of drug-likeness (QED) is 0.445. The van der Waals surface area contributed by atoms with Crippen LogP contribution in [0.3, 0.4) is 0 Å². The smallest absolute Gasteiger partial charge is 0.325 e. The fourth-order valence-electron chi connectivity index (χ4n) is 3.80. The molecule has 3 aliphatic rings. The Labute approximate surface area is 199 Å². The molecule has 0 fully saturated rings. The third kappa shape index (κ3) is 5.36. The third-order valence-corrected chi connectivity index (χ3v) is 5.69. The van der Waals surface area contributed by atoms with Crippen molar-refractivity contribution in [2.45, 2.75) is 51.0 Å². The van der Waals surface area contributed by atoms with Crippen LogP contribution >= 0.6 is 0 Å². The molecule has 2 amide bonds. The normalized spacial score (nSPS) is 21.1. The largest absolute Gasteiger partial charge is 0.482 e. The molecular formula is C23H24FN5O6. The van der Waals surface area contributed by atoms with Crippen LogP contribution in [0, 0.1) is 0 Å². The number of anilines is 1. The van der Waals surface area contributed by atoms with Crippen molar-refractivity contribution in [3.63, 3.8) is 0 Å². The summed E-state index contributed by atoms with van der Waals surface area (Å²) in [5, 5.41) is 19.0. The van der Waals surface area contributed by atoms with Gasteiger partial charge in [-0.1, -0.05) is 6.07 Å². The summed E-state index contributed by atoms with van der Waals surface area (Å²) in [5.74, 6) is -1.99. The second-order valence-corrected chi connectivity index (χ2v) is 8.34. The van der Waals surface area contributed by atoms with Crippen LogP contribution in [0.15, 0.2) is 40.1 Å². The van der Waals surface area contributed by atoms with Gasteiger partial charge in [-0.15, -0.1) is 0 Å². The molecule has 3 heterocycles. The van der Waals surface area contributed by atoms with Crippen LogP contribution in [-0.4, -0.2) is 70.6 Å². The summed E-state index contributed by atoms with van der Waals surface area (Å²) in [6.07, 6.45) is 1.38. The number of aliphatic carboxylic acids is 1. The minimum absolute atomic E-state index is 0.0113. The molecule has 0 saturated heterocycles. The van der Waals surface area contributed by atoms with E-state index in [0.717, 1.165) is 16.8 Å². The number of nitrogens with one attached hydrogen (secondary N) is 2. The predicted octanol–water partition coefficient (Wildman–Crippen LogP) is 1.19. The van der Waals surface area contributed by atoms with Crippen molar-refractivity contribution in [1.29, 1.82) is 0 Å². The van der Waals surface area contributed by atoms with E-state index in [1.54, 1.807) is 6.07 Å². The van der Waals surface area contributed by atoms with E-state index in [9.17, 15) is 23.6 Å².